The summed E-state index contributed by atoms with van der Waals surface area (Å²) in [6, 6.07) is 1.74. The van der Waals surface area contributed by atoms with Crippen molar-refractivity contribution >= 4 is 23.2 Å². The van der Waals surface area contributed by atoms with Crippen LogP contribution in [0.1, 0.15) is 22.4 Å². The number of carbonyl (C=O) groups excluding carboxylic acids is 1. The second-order valence-corrected chi connectivity index (χ2v) is 6.60. The number of aromatic nitrogens is 2. The fraction of sp³-hybridized carbons (Fsp3) is 0.400. The Labute approximate surface area is 136 Å². The zero-order valence-corrected chi connectivity index (χ0v) is 13.6. The summed E-state index contributed by atoms with van der Waals surface area (Å²) in [5.74, 6) is -1.29. The zero-order chi connectivity index (χ0) is 16.6. The fourth-order valence-corrected chi connectivity index (χ4v) is 3.21. The number of carbonyl (C=O) groups is 2. The highest BCUT2D eigenvalue weighted by molar-refractivity contribution is 7.09. The van der Waals surface area contributed by atoms with E-state index in [2.05, 4.69) is 9.97 Å². The summed E-state index contributed by atoms with van der Waals surface area (Å²) in [5.41, 5.74) is 2.08. The quantitative estimate of drug-likeness (QED) is 0.891. The summed E-state index contributed by atoms with van der Waals surface area (Å²) in [6.07, 6.45) is 0.433. The number of carboxylic acids is 1. The van der Waals surface area contributed by atoms with Crippen LogP contribution in [0.3, 0.4) is 0 Å². The van der Waals surface area contributed by atoms with Gasteiger partial charge < -0.3 is 19.7 Å². The summed E-state index contributed by atoms with van der Waals surface area (Å²) in [4.78, 5) is 32.6. The number of hydrogen-bond acceptors (Lipinski definition) is 5. The molecule has 1 amide bonds. The van der Waals surface area contributed by atoms with Crippen molar-refractivity contribution in [1.82, 2.24) is 14.9 Å². The Morgan fingerprint density at radius 1 is 1.48 bits per heavy atom. The van der Waals surface area contributed by atoms with Gasteiger partial charge in [0.1, 0.15) is 5.69 Å². The highest BCUT2D eigenvalue weighted by Crippen LogP contribution is 2.23. The third kappa shape index (κ3) is 3.27. The van der Waals surface area contributed by atoms with Crippen LogP contribution in [0.5, 0.6) is 0 Å². The number of amides is 1. The molecule has 2 N–H and O–H groups in total. The molecule has 0 bridgehead atoms. The topological polar surface area (TPSA) is 95.5 Å². The number of thiazole rings is 1. The van der Waals surface area contributed by atoms with Gasteiger partial charge in [0.25, 0.3) is 5.91 Å². The van der Waals surface area contributed by atoms with Gasteiger partial charge in [0, 0.05) is 23.7 Å². The average molecular weight is 335 g/mol. The third-order valence-electron chi connectivity index (χ3n) is 3.65. The molecule has 8 heteroatoms. The van der Waals surface area contributed by atoms with Crippen LogP contribution in [0.15, 0.2) is 17.6 Å². The van der Waals surface area contributed by atoms with E-state index in [1.165, 1.54) is 4.90 Å². The molecule has 1 aliphatic heterocycles. The molecule has 1 unspecified atom stereocenters. The molecule has 0 aromatic carbocycles. The number of ether oxygens (including phenoxy) is 1. The lowest BCUT2D eigenvalue weighted by Gasteiger charge is -2.34. The molecule has 1 fully saturated rings. The first-order valence-electron chi connectivity index (χ1n) is 7.22. The molecule has 122 valence electrons. The van der Waals surface area contributed by atoms with E-state index in [9.17, 15) is 9.59 Å². The number of nitrogens with one attached hydrogen (secondary N) is 1. The molecule has 1 saturated heterocycles. The highest BCUT2D eigenvalue weighted by atomic mass is 32.1. The average Bonchev–Trinajstić information content (AvgIpc) is 3.14. The van der Waals surface area contributed by atoms with E-state index in [1.807, 2.05) is 12.3 Å². The van der Waals surface area contributed by atoms with Crippen molar-refractivity contribution in [2.24, 2.45) is 0 Å². The van der Waals surface area contributed by atoms with Gasteiger partial charge in [0.15, 0.2) is 6.10 Å². The van der Waals surface area contributed by atoms with Crippen molar-refractivity contribution in [2.75, 3.05) is 13.1 Å². The first-order valence-corrected chi connectivity index (χ1v) is 8.10. The van der Waals surface area contributed by atoms with E-state index in [-0.39, 0.29) is 18.6 Å². The normalized spacial score (nSPS) is 21.4. The Morgan fingerprint density at radius 2 is 2.26 bits per heavy atom. The fourth-order valence-electron chi connectivity index (χ4n) is 2.59. The van der Waals surface area contributed by atoms with Crippen molar-refractivity contribution in [3.63, 3.8) is 0 Å². The van der Waals surface area contributed by atoms with Gasteiger partial charge in [-0.05, 0) is 19.9 Å². The molecule has 7 nitrogen and oxygen atoms in total. The van der Waals surface area contributed by atoms with E-state index in [1.54, 1.807) is 30.5 Å². The molecule has 23 heavy (non-hydrogen) atoms. The molecule has 2 atom stereocenters. The van der Waals surface area contributed by atoms with Crippen molar-refractivity contribution in [3.05, 3.63) is 28.3 Å². The van der Waals surface area contributed by atoms with Gasteiger partial charge >= 0.3 is 5.97 Å². The van der Waals surface area contributed by atoms with Crippen molar-refractivity contribution in [1.29, 1.82) is 0 Å². The molecular formula is C15H17N3O4S. The van der Waals surface area contributed by atoms with Gasteiger partial charge in [0.2, 0.25) is 0 Å². The minimum absolute atomic E-state index is 0.0443. The van der Waals surface area contributed by atoms with E-state index >= 15 is 0 Å². The Bertz CT molecular complexity index is 739. The van der Waals surface area contributed by atoms with Crippen LogP contribution in [-0.2, 0) is 9.53 Å². The van der Waals surface area contributed by atoms with Gasteiger partial charge in [-0.2, -0.15) is 0 Å². The molecule has 3 rings (SSSR count). The molecule has 2 aromatic rings. The second kappa shape index (κ2) is 6.13. The molecule has 0 spiro atoms. The first kappa shape index (κ1) is 15.7. The van der Waals surface area contributed by atoms with Crippen LogP contribution in [0.4, 0.5) is 0 Å². The van der Waals surface area contributed by atoms with Crippen molar-refractivity contribution in [3.8, 4) is 11.3 Å². The number of aliphatic carboxylic acids is 1. The number of hydrogen-bond donors (Lipinski definition) is 2. The first-order chi connectivity index (χ1) is 10.9. The lowest BCUT2D eigenvalue weighted by Crippen LogP contribution is -2.51. The lowest BCUT2D eigenvalue weighted by molar-refractivity contribution is -0.160. The number of rotatable bonds is 3. The Hall–Kier alpha value is -2.19. The maximum Gasteiger partial charge on any atom is 0.334 e. The summed E-state index contributed by atoms with van der Waals surface area (Å²) in [7, 11) is 0. The summed E-state index contributed by atoms with van der Waals surface area (Å²) in [6.45, 7) is 4.09. The van der Waals surface area contributed by atoms with Gasteiger partial charge in [-0.15, -0.1) is 11.3 Å². The predicted octanol–water partition coefficient (Wildman–Crippen LogP) is 1.76. The maximum absolute atomic E-state index is 12.6. The molecule has 1 aliphatic rings. The highest BCUT2D eigenvalue weighted by Gasteiger charge is 2.33. The third-order valence-corrected chi connectivity index (χ3v) is 4.42. The lowest BCUT2D eigenvalue weighted by atomic mass is 10.2. The van der Waals surface area contributed by atoms with Crippen LogP contribution in [0.25, 0.3) is 11.3 Å². The Balaban J connectivity index is 1.77. The number of H-pyrrole nitrogens is 1. The van der Waals surface area contributed by atoms with Crippen LogP contribution < -0.4 is 0 Å². The van der Waals surface area contributed by atoms with Crippen molar-refractivity contribution < 1.29 is 19.4 Å². The van der Waals surface area contributed by atoms with Crippen LogP contribution in [0.2, 0.25) is 0 Å². The molecule has 2 aromatic heterocycles. The standard InChI is InChI=1S/C15H17N3O4S/c1-8-5-18(6-13(22-8)15(20)21)14(19)11-3-10(4-16-11)12-7-23-9(2)17-12/h3-4,7-8,13,16H,5-6H2,1-2H3,(H,20,21)/t8-,13?/m1/s1. The van der Waals surface area contributed by atoms with E-state index in [0.717, 1.165) is 16.3 Å². The summed E-state index contributed by atoms with van der Waals surface area (Å²) >= 11 is 1.55. The maximum atomic E-state index is 12.6. The van der Waals surface area contributed by atoms with Crippen molar-refractivity contribution in [2.45, 2.75) is 26.1 Å². The summed E-state index contributed by atoms with van der Waals surface area (Å²) < 4.78 is 5.33. The van der Waals surface area contributed by atoms with Gasteiger partial charge in [-0.1, -0.05) is 0 Å². The minimum atomic E-state index is -1.06. The van der Waals surface area contributed by atoms with Gasteiger partial charge in [-0.3, -0.25) is 4.79 Å². The van der Waals surface area contributed by atoms with Gasteiger partial charge in [0.05, 0.1) is 23.4 Å². The zero-order valence-electron chi connectivity index (χ0n) is 12.8. The van der Waals surface area contributed by atoms with E-state index in [4.69, 9.17) is 9.84 Å². The largest absolute Gasteiger partial charge is 0.479 e. The predicted molar refractivity (Wildman–Crippen MR) is 84.5 cm³/mol. The van der Waals surface area contributed by atoms with E-state index < -0.39 is 12.1 Å². The Kier molecular flexibility index (Phi) is 4.18. The number of morpholine rings is 1. The molecule has 0 radical (unpaired) electrons. The Morgan fingerprint density at radius 3 is 2.91 bits per heavy atom. The van der Waals surface area contributed by atoms with E-state index in [0.29, 0.717) is 12.2 Å². The van der Waals surface area contributed by atoms with Gasteiger partial charge in [-0.25, -0.2) is 9.78 Å². The number of aromatic amines is 1. The SMILES string of the molecule is Cc1nc(-c2c[nH]c(C(=O)N3CC(C(=O)O)O[C@H](C)C3)c2)cs1. The number of carboxylic acid groups (broad SMARTS) is 1. The molecule has 0 saturated carbocycles. The smallest absolute Gasteiger partial charge is 0.334 e. The number of aryl methyl sites for hydroxylation is 1. The summed E-state index contributed by atoms with van der Waals surface area (Å²) in [5, 5.41) is 12.0. The van der Waals surface area contributed by atoms with Crippen LogP contribution >= 0.6 is 11.3 Å². The van der Waals surface area contributed by atoms with Crippen LogP contribution in [0, 0.1) is 6.92 Å². The van der Waals surface area contributed by atoms with Crippen LogP contribution in [-0.4, -0.2) is 57.1 Å². The molecule has 0 aliphatic carbocycles. The number of nitrogens with zero attached hydrogens (tertiary/aromatic N) is 2. The second-order valence-electron chi connectivity index (χ2n) is 5.54. The monoisotopic (exact) mass is 335 g/mol. The molecular weight excluding hydrogens is 318 g/mol. The minimum Gasteiger partial charge on any atom is -0.479 e. The molecule has 3 heterocycles.